The van der Waals surface area contributed by atoms with Crippen molar-refractivity contribution in [2.45, 2.75) is 82.2 Å². The number of aromatic amines is 1. The predicted octanol–water partition coefficient (Wildman–Crippen LogP) is 7.08. The van der Waals surface area contributed by atoms with Gasteiger partial charge in [-0.25, -0.2) is 4.68 Å². The van der Waals surface area contributed by atoms with Crippen LogP contribution in [0, 0.1) is 0 Å². The molecular formula is C36H43N7O4S. The topological polar surface area (TPSA) is 129 Å². The van der Waals surface area contributed by atoms with Crippen LogP contribution in [0.15, 0.2) is 87.6 Å². The maximum Gasteiger partial charge on any atom is 0.289 e. The number of nitrogens with one attached hydrogen (secondary N) is 2. The van der Waals surface area contributed by atoms with E-state index in [1.54, 1.807) is 28.9 Å². The van der Waals surface area contributed by atoms with Gasteiger partial charge in [-0.05, 0) is 101 Å². The van der Waals surface area contributed by atoms with E-state index in [0.717, 1.165) is 35.9 Å². The van der Waals surface area contributed by atoms with Crippen LogP contribution in [-0.4, -0.2) is 49.1 Å². The lowest BCUT2D eigenvalue weighted by molar-refractivity contribution is -0.118. The molecule has 1 amide bonds. The number of nitrogens with zero attached hydrogens (tertiary/aromatic N) is 5. The van der Waals surface area contributed by atoms with E-state index in [0.29, 0.717) is 39.7 Å². The molecule has 12 heteroatoms. The Hall–Kier alpha value is -4.84. The predicted molar refractivity (Wildman–Crippen MR) is 188 cm³/mol. The largest absolute Gasteiger partial charge is 0.483 e. The lowest BCUT2D eigenvalue weighted by Gasteiger charge is -2.30. The number of hydrogen-bond acceptors (Lipinski definition) is 8. The Morgan fingerprint density at radius 1 is 0.896 bits per heavy atom. The monoisotopic (exact) mass is 669 g/mol. The Balaban J connectivity index is 1.30. The molecule has 5 rings (SSSR count). The Morgan fingerprint density at radius 2 is 1.60 bits per heavy atom. The van der Waals surface area contributed by atoms with Gasteiger partial charge in [-0.15, -0.1) is 5.10 Å². The summed E-state index contributed by atoms with van der Waals surface area (Å²) in [5.74, 6) is 0.735. The van der Waals surface area contributed by atoms with E-state index in [-0.39, 0.29) is 28.9 Å². The summed E-state index contributed by atoms with van der Waals surface area (Å²) in [6.07, 6.45) is 1.95. The van der Waals surface area contributed by atoms with Crippen LogP contribution in [0.4, 0.5) is 5.69 Å². The number of benzene rings is 3. The minimum atomic E-state index is -0.324. The molecule has 2 aromatic heterocycles. The Morgan fingerprint density at radius 3 is 2.27 bits per heavy atom. The molecule has 0 aliphatic heterocycles. The maximum absolute atomic E-state index is 13.6. The smallest absolute Gasteiger partial charge is 0.289 e. The molecule has 0 spiro atoms. The number of anilines is 1. The van der Waals surface area contributed by atoms with Crippen LogP contribution in [0.3, 0.4) is 0 Å². The summed E-state index contributed by atoms with van der Waals surface area (Å²) >= 11 is 1.11. The minimum absolute atomic E-state index is 0.0393. The molecular weight excluding hydrogens is 627 g/mol. The lowest BCUT2D eigenvalue weighted by atomic mass is 9.76. The zero-order chi connectivity index (χ0) is 34.5. The number of carbonyl (C=O) groups excluding carboxylic acids is 1. The second-order valence-corrected chi connectivity index (χ2v) is 13.7. The average Bonchev–Trinajstić information content (AvgIpc) is 3.69. The van der Waals surface area contributed by atoms with Crippen LogP contribution in [0.25, 0.3) is 11.4 Å². The summed E-state index contributed by atoms with van der Waals surface area (Å²) in [4.78, 5) is 26.9. The summed E-state index contributed by atoms with van der Waals surface area (Å²) in [6, 6.07) is 22.7. The molecule has 2 N–H and O–H groups in total. The second kappa shape index (κ2) is 14.5. The molecule has 5 aromatic rings. The molecule has 11 nitrogen and oxygen atoms in total. The maximum atomic E-state index is 13.6. The van der Waals surface area contributed by atoms with Crippen molar-refractivity contribution in [2.75, 3.05) is 18.5 Å². The molecule has 0 unspecified atom stereocenters. The van der Waals surface area contributed by atoms with Crippen molar-refractivity contribution in [1.82, 2.24) is 30.0 Å². The van der Waals surface area contributed by atoms with Gasteiger partial charge < -0.3 is 14.8 Å². The highest BCUT2D eigenvalue weighted by atomic mass is 32.2. The number of para-hydroxylation sites is 1. The molecule has 2 heterocycles. The molecule has 0 fully saturated rings. The molecule has 0 atom stereocenters. The quantitative estimate of drug-likeness (QED) is 0.128. The van der Waals surface area contributed by atoms with Gasteiger partial charge in [0.1, 0.15) is 10.6 Å². The minimum Gasteiger partial charge on any atom is -0.483 e. The molecule has 0 aliphatic rings. The number of H-pyrrole nitrogens is 1. The molecule has 0 radical (unpaired) electrons. The Labute approximate surface area is 285 Å². The van der Waals surface area contributed by atoms with Crippen LogP contribution in [-0.2, 0) is 15.6 Å². The van der Waals surface area contributed by atoms with Crippen LogP contribution in [0.1, 0.15) is 72.4 Å². The van der Waals surface area contributed by atoms with Crippen LogP contribution in [0.5, 0.6) is 11.6 Å². The van der Waals surface area contributed by atoms with Gasteiger partial charge in [-0.1, -0.05) is 71.9 Å². The zero-order valence-electron chi connectivity index (χ0n) is 28.5. The van der Waals surface area contributed by atoms with Crippen LogP contribution < -0.4 is 20.3 Å². The average molecular weight is 670 g/mol. The molecule has 48 heavy (non-hydrogen) atoms. The number of carbonyl (C=O) groups is 1. The van der Waals surface area contributed by atoms with E-state index in [4.69, 9.17) is 9.47 Å². The zero-order valence-corrected chi connectivity index (χ0v) is 29.4. The van der Waals surface area contributed by atoms with Gasteiger partial charge in [0.05, 0.1) is 18.0 Å². The molecule has 0 saturated heterocycles. The van der Waals surface area contributed by atoms with Crippen molar-refractivity contribution in [3.63, 3.8) is 0 Å². The first-order chi connectivity index (χ1) is 23.0. The first-order valence-electron chi connectivity index (χ1n) is 16.1. The van der Waals surface area contributed by atoms with Gasteiger partial charge in [0, 0.05) is 11.3 Å². The highest BCUT2D eigenvalue weighted by molar-refractivity contribution is 7.99. The number of aromatic nitrogens is 6. The van der Waals surface area contributed by atoms with Gasteiger partial charge in [0.2, 0.25) is 11.0 Å². The lowest BCUT2D eigenvalue weighted by Crippen LogP contribution is -2.24. The third kappa shape index (κ3) is 7.49. The molecule has 0 aliphatic carbocycles. The van der Waals surface area contributed by atoms with Crippen LogP contribution >= 0.6 is 11.8 Å². The van der Waals surface area contributed by atoms with Crippen molar-refractivity contribution in [3.05, 3.63) is 94.3 Å². The summed E-state index contributed by atoms with van der Waals surface area (Å²) < 4.78 is 14.8. The summed E-state index contributed by atoms with van der Waals surface area (Å²) in [6.45, 7) is 15.3. The van der Waals surface area contributed by atoms with E-state index < -0.39 is 0 Å². The van der Waals surface area contributed by atoms with Crippen molar-refractivity contribution >= 4 is 23.4 Å². The molecule has 0 bridgehead atoms. The van der Waals surface area contributed by atoms with Gasteiger partial charge in [-0.3, -0.25) is 14.7 Å². The third-order valence-corrected chi connectivity index (χ3v) is 9.77. The van der Waals surface area contributed by atoms with Gasteiger partial charge in [-0.2, -0.15) is 4.68 Å². The highest BCUT2D eigenvalue weighted by Gasteiger charge is 2.27. The summed E-state index contributed by atoms with van der Waals surface area (Å²) in [5, 5.41) is 18.4. The fourth-order valence-electron chi connectivity index (χ4n) is 5.02. The second-order valence-electron chi connectivity index (χ2n) is 12.7. The number of tetrazole rings is 1. The fourth-order valence-corrected chi connectivity index (χ4v) is 5.88. The van der Waals surface area contributed by atoms with Crippen molar-refractivity contribution in [3.8, 4) is 23.0 Å². The molecule has 3 aromatic carbocycles. The van der Waals surface area contributed by atoms with E-state index in [2.05, 4.69) is 79.6 Å². The number of rotatable bonds is 14. The first-order valence-corrected chi connectivity index (χ1v) is 17.0. The molecule has 0 saturated carbocycles. The standard InChI is InChI=1S/C36H43N7O4S/c1-8-35(4,5)24-16-21-29(28(22-24)36(6,7)9-2)47-23-30(44)37-25-17-19-27(20-18-25)42-33(45)31(32(39-42)46-10-3)48-34-38-40-41-43(34)26-14-12-11-13-15-26/h11-22,39H,8-10,23H2,1-7H3,(H,37,44). The van der Waals surface area contributed by atoms with Gasteiger partial charge >= 0.3 is 0 Å². The Kier molecular flexibility index (Phi) is 10.4. The van der Waals surface area contributed by atoms with E-state index in [9.17, 15) is 9.59 Å². The Bertz CT molecular complexity index is 1910. The summed E-state index contributed by atoms with van der Waals surface area (Å²) in [7, 11) is 0. The SMILES string of the molecule is CCOc1[nH]n(-c2ccc(NC(=O)COc3ccc(C(C)(C)CC)cc3C(C)(C)CC)cc2)c(=O)c1Sc1nnnn1-c1ccccc1. The fraction of sp³-hybridized carbons (Fsp3) is 0.361. The van der Waals surface area contributed by atoms with Crippen molar-refractivity contribution < 1.29 is 14.3 Å². The van der Waals surface area contributed by atoms with E-state index in [1.165, 1.54) is 10.2 Å². The van der Waals surface area contributed by atoms with Gasteiger partial charge in [0.25, 0.3) is 11.5 Å². The van der Waals surface area contributed by atoms with Crippen molar-refractivity contribution in [2.24, 2.45) is 0 Å². The molecule has 252 valence electrons. The first kappa shape index (κ1) is 34.5. The normalized spacial score (nSPS) is 11.8. The van der Waals surface area contributed by atoms with E-state index in [1.807, 2.05) is 43.3 Å². The van der Waals surface area contributed by atoms with Crippen LogP contribution in [0.2, 0.25) is 0 Å². The number of ether oxygens (including phenoxy) is 2. The third-order valence-electron chi connectivity index (χ3n) is 8.77. The number of amides is 1. The highest BCUT2D eigenvalue weighted by Crippen LogP contribution is 2.38. The summed E-state index contributed by atoms with van der Waals surface area (Å²) in [5.41, 5.74) is 3.85. The number of hydrogen-bond donors (Lipinski definition) is 2. The van der Waals surface area contributed by atoms with Gasteiger partial charge in [0.15, 0.2) is 6.61 Å². The van der Waals surface area contributed by atoms with E-state index >= 15 is 0 Å². The van der Waals surface area contributed by atoms with Crippen molar-refractivity contribution in [1.29, 1.82) is 0 Å².